The second-order valence-electron chi connectivity index (χ2n) is 7.59. The monoisotopic (exact) mass is 294 g/mol. The van der Waals surface area contributed by atoms with Crippen molar-refractivity contribution in [1.82, 2.24) is 10.2 Å². The third-order valence-electron chi connectivity index (χ3n) is 4.84. The average molecular weight is 294 g/mol. The smallest absolute Gasteiger partial charge is 0.246 e. The molecule has 1 saturated carbocycles. The van der Waals surface area contributed by atoms with E-state index in [2.05, 4.69) is 26.1 Å². The van der Waals surface area contributed by atoms with Crippen molar-refractivity contribution in [2.24, 2.45) is 11.3 Å². The molecule has 1 N–H and O–H groups in total. The van der Waals surface area contributed by atoms with Crippen molar-refractivity contribution in [3.8, 4) is 0 Å². The lowest BCUT2D eigenvalue weighted by Crippen LogP contribution is -2.64. The van der Waals surface area contributed by atoms with Crippen LogP contribution in [0.3, 0.4) is 0 Å². The molecule has 1 aliphatic carbocycles. The quantitative estimate of drug-likeness (QED) is 0.734. The Labute approximate surface area is 128 Å². The highest BCUT2D eigenvalue weighted by molar-refractivity contribution is 5.97. The van der Waals surface area contributed by atoms with E-state index in [0.717, 1.165) is 19.3 Å². The standard InChI is InChI=1S/C17H30N2O2/c1-5-6-7-10-17(3,4)11-19-12(2)15(20)18-14(16(19)21)13-8-9-13/h12-14H,5-11H2,1-4H3,(H,18,20). The maximum atomic E-state index is 12.7. The highest BCUT2D eigenvalue weighted by atomic mass is 16.2. The van der Waals surface area contributed by atoms with Crippen molar-refractivity contribution in [3.05, 3.63) is 0 Å². The third kappa shape index (κ3) is 3.98. The molecule has 1 heterocycles. The van der Waals surface area contributed by atoms with Crippen molar-refractivity contribution < 1.29 is 9.59 Å². The van der Waals surface area contributed by atoms with Gasteiger partial charge in [0.15, 0.2) is 0 Å². The molecule has 2 atom stereocenters. The first-order valence-electron chi connectivity index (χ1n) is 8.46. The lowest BCUT2D eigenvalue weighted by Gasteiger charge is -2.41. The number of piperazine rings is 1. The second kappa shape index (κ2) is 6.37. The van der Waals surface area contributed by atoms with Gasteiger partial charge in [0.1, 0.15) is 12.1 Å². The summed E-state index contributed by atoms with van der Waals surface area (Å²) < 4.78 is 0. The largest absolute Gasteiger partial charge is 0.342 e. The summed E-state index contributed by atoms with van der Waals surface area (Å²) in [5.41, 5.74) is 0.0742. The number of carbonyl (C=O) groups excluding carboxylic acids is 2. The molecule has 21 heavy (non-hydrogen) atoms. The molecule has 4 heteroatoms. The zero-order chi connectivity index (χ0) is 15.6. The number of hydrogen-bond acceptors (Lipinski definition) is 2. The molecule has 1 saturated heterocycles. The molecule has 0 spiro atoms. The van der Waals surface area contributed by atoms with Crippen molar-refractivity contribution in [2.75, 3.05) is 6.54 Å². The number of amides is 2. The number of hydrogen-bond donors (Lipinski definition) is 1. The van der Waals surface area contributed by atoms with Gasteiger partial charge in [-0.25, -0.2) is 0 Å². The minimum Gasteiger partial charge on any atom is -0.342 e. The molecule has 2 rings (SSSR count). The fourth-order valence-electron chi connectivity index (χ4n) is 3.20. The lowest BCUT2D eigenvalue weighted by atomic mass is 9.85. The van der Waals surface area contributed by atoms with Crippen molar-refractivity contribution in [1.29, 1.82) is 0 Å². The van der Waals surface area contributed by atoms with Gasteiger partial charge in [-0.3, -0.25) is 9.59 Å². The van der Waals surface area contributed by atoms with Gasteiger partial charge >= 0.3 is 0 Å². The predicted molar refractivity (Wildman–Crippen MR) is 83.8 cm³/mol. The van der Waals surface area contributed by atoms with E-state index in [9.17, 15) is 9.59 Å². The first-order valence-corrected chi connectivity index (χ1v) is 8.46. The van der Waals surface area contributed by atoms with E-state index in [4.69, 9.17) is 0 Å². The van der Waals surface area contributed by atoms with E-state index in [0.29, 0.717) is 12.5 Å². The molecule has 120 valence electrons. The van der Waals surface area contributed by atoms with Crippen molar-refractivity contribution in [2.45, 2.75) is 78.3 Å². The number of nitrogens with one attached hydrogen (secondary N) is 1. The Balaban J connectivity index is 2.01. The van der Waals surface area contributed by atoms with Crippen LogP contribution in [0.4, 0.5) is 0 Å². The first kappa shape index (κ1) is 16.3. The number of nitrogens with zero attached hydrogens (tertiary/aromatic N) is 1. The topological polar surface area (TPSA) is 49.4 Å². The summed E-state index contributed by atoms with van der Waals surface area (Å²) in [5.74, 6) is 0.517. The summed E-state index contributed by atoms with van der Waals surface area (Å²) >= 11 is 0. The summed E-state index contributed by atoms with van der Waals surface area (Å²) in [4.78, 5) is 26.6. The molecule has 0 aromatic rings. The molecule has 2 unspecified atom stereocenters. The molecular weight excluding hydrogens is 264 g/mol. The van der Waals surface area contributed by atoms with Crippen LogP contribution in [0.25, 0.3) is 0 Å². The zero-order valence-corrected chi connectivity index (χ0v) is 13.9. The predicted octanol–water partition coefficient (Wildman–Crippen LogP) is 2.72. The molecule has 2 amide bonds. The Kier molecular flexibility index (Phi) is 4.95. The minimum atomic E-state index is -0.335. The Bertz CT molecular complexity index is 402. The van der Waals surface area contributed by atoms with Crippen LogP contribution in [-0.4, -0.2) is 35.3 Å². The summed E-state index contributed by atoms with van der Waals surface area (Å²) in [7, 11) is 0. The van der Waals surface area contributed by atoms with Crippen LogP contribution in [-0.2, 0) is 9.59 Å². The van der Waals surface area contributed by atoms with Gasteiger partial charge in [-0.15, -0.1) is 0 Å². The van der Waals surface area contributed by atoms with Crippen LogP contribution < -0.4 is 5.32 Å². The Morgan fingerprint density at radius 1 is 1.24 bits per heavy atom. The highest BCUT2D eigenvalue weighted by Crippen LogP contribution is 2.36. The van der Waals surface area contributed by atoms with Crippen molar-refractivity contribution >= 4 is 11.8 Å². The maximum Gasteiger partial charge on any atom is 0.246 e. The SMILES string of the molecule is CCCCCC(C)(C)CN1C(=O)C(C2CC2)NC(=O)C1C. The fraction of sp³-hybridized carbons (Fsp3) is 0.882. The van der Waals surface area contributed by atoms with Gasteiger partial charge in [0.05, 0.1) is 0 Å². The minimum absolute atomic E-state index is 0.0101. The molecule has 0 bridgehead atoms. The van der Waals surface area contributed by atoms with Gasteiger partial charge in [0.2, 0.25) is 11.8 Å². The van der Waals surface area contributed by atoms with Crippen LogP contribution in [0.5, 0.6) is 0 Å². The van der Waals surface area contributed by atoms with Gasteiger partial charge in [-0.1, -0.05) is 40.0 Å². The van der Waals surface area contributed by atoms with Crippen LogP contribution in [0.15, 0.2) is 0 Å². The summed E-state index contributed by atoms with van der Waals surface area (Å²) in [6, 6.07) is -0.599. The van der Waals surface area contributed by atoms with E-state index in [-0.39, 0.29) is 29.3 Å². The van der Waals surface area contributed by atoms with Crippen LogP contribution in [0.2, 0.25) is 0 Å². The number of carbonyl (C=O) groups is 2. The van der Waals surface area contributed by atoms with Crippen molar-refractivity contribution in [3.63, 3.8) is 0 Å². The van der Waals surface area contributed by atoms with E-state index >= 15 is 0 Å². The Morgan fingerprint density at radius 3 is 2.48 bits per heavy atom. The maximum absolute atomic E-state index is 12.7. The Morgan fingerprint density at radius 2 is 1.90 bits per heavy atom. The number of rotatable bonds is 7. The van der Waals surface area contributed by atoms with Gasteiger partial charge in [0, 0.05) is 6.54 Å². The van der Waals surface area contributed by atoms with Gasteiger partial charge in [0.25, 0.3) is 0 Å². The Hall–Kier alpha value is -1.06. The molecule has 0 aromatic carbocycles. The molecular formula is C17H30N2O2. The molecule has 0 radical (unpaired) electrons. The normalized spacial score (nSPS) is 27.0. The lowest BCUT2D eigenvalue weighted by molar-refractivity contribution is -0.150. The first-order chi connectivity index (χ1) is 9.85. The van der Waals surface area contributed by atoms with Crippen LogP contribution >= 0.6 is 0 Å². The average Bonchev–Trinajstić information content (AvgIpc) is 3.23. The van der Waals surface area contributed by atoms with Gasteiger partial charge < -0.3 is 10.2 Å². The molecule has 2 fully saturated rings. The van der Waals surface area contributed by atoms with E-state index in [1.165, 1.54) is 19.3 Å². The molecule has 2 aliphatic rings. The third-order valence-corrected chi connectivity index (χ3v) is 4.84. The summed E-state index contributed by atoms with van der Waals surface area (Å²) in [6.07, 6.45) is 6.88. The van der Waals surface area contributed by atoms with E-state index < -0.39 is 0 Å². The van der Waals surface area contributed by atoms with E-state index in [1.54, 1.807) is 0 Å². The van der Waals surface area contributed by atoms with Gasteiger partial charge in [-0.05, 0) is 37.5 Å². The number of unbranched alkanes of at least 4 members (excludes halogenated alkanes) is 2. The zero-order valence-electron chi connectivity index (χ0n) is 13.9. The van der Waals surface area contributed by atoms with Crippen LogP contribution in [0.1, 0.15) is 66.2 Å². The second-order valence-corrected chi connectivity index (χ2v) is 7.59. The van der Waals surface area contributed by atoms with E-state index in [1.807, 2.05) is 11.8 Å². The van der Waals surface area contributed by atoms with Gasteiger partial charge in [-0.2, -0.15) is 0 Å². The molecule has 4 nitrogen and oxygen atoms in total. The van der Waals surface area contributed by atoms with Crippen LogP contribution in [0, 0.1) is 11.3 Å². The summed E-state index contributed by atoms with van der Waals surface area (Å²) in [6.45, 7) is 9.15. The summed E-state index contributed by atoms with van der Waals surface area (Å²) in [5, 5.41) is 2.92. The fourth-order valence-corrected chi connectivity index (χ4v) is 3.20. The molecule has 0 aromatic heterocycles. The highest BCUT2D eigenvalue weighted by Gasteiger charge is 2.46. The molecule has 1 aliphatic heterocycles.